The molecule has 0 bridgehead atoms. The van der Waals surface area contributed by atoms with Gasteiger partial charge in [-0.1, -0.05) is 36.8 Å². The summed E-state index contributed by atoms with van der Waals surface area (Å²) in [5, 5.41) is 6.19. The van der Waals surface area contributed by atoms with Crippen molar-refractivity contribution in [3.63, 3.8) is 0 Å². The number of nitrogens with one attached hydrogen (secondary N) is 3. The topological polar surface area (TPSA) is 94.6 Å². The standard InChI is InChI=1S/C29H38N6O2/c36-28(25-11-3-1-4-12-25)34-29(31-15-8-13-26-21-30-23-33-26)32-16-9-19-37-27-14-7-10-24(20-27)22-35-17-5-2-6-18-35/h1,3-4,7,10-12,14,20-21,23H,2,5-6,8-9,13,15-19,22H2,(H,30,33)(H2,31,32,34,36). The zero-order chi connectivity index (χ0) is 25.5. The molecule has 2 heterocycles. The summed E-state index contributed by atoms with van der Waals surface area (Å²) < 4.78 is 6.00. The molecule has 196 valence electrons. The first kappa shape index (κ1) is 26.4. The normalized spacial score (nSPS) is 14.3. The molecule has 8 nitrogen and oxygen atoms in total. The van der Waals surface area contributed by atoms with Crippen molar-refractivity contribution in [2.24, 2.45) is 4.99 Å². The molecule has 3 N–H and O–H groups in total. The van der Waals surface area contributed by atoms with Gasteiger partial charge >= 0.3 is 0 Å². The number of carbonyl (C=O) groups is 1. The number of aliphatic imine (C=N–C) groups is 1. The predicted octanol–water partition coefficient (Wildman–Crippen LogP) is 4.17. The number of aryl methyl sites for hydroxylation is 1. The zero-order valence-corrected chi connectivity index (χ0v) is 21.5. The summed E-state index contributed by atoms with van der Waals surface area (Å²) in [6, 6.07) is 17.6. The van der Waals surface area contributed by atoms with Crippen LogP contribution in [0.15, 0.2) is 72.1 Å². The average molecular weight is 503 g/mol. The molecule has 0 saturated carbocycles. The highest BCUT2D eigenvalue weighted by atomic mass is 16.5. The first-order valence-corrected chi connectivity index (χ1v) is 13.3. The van der Waals surface area contributed by atoms with Gasteiger partial charge in [-0.3, -0.25) is 20.0 Å². The molecule has 1 aliphatic heterocycles. The maximum atomic E-state index is 12.6. The summed E-state index contributed by atoms with van der Waals surface area (Å²) in [7, 11) is 0. The van der Waals surface area contributed by atoms with E-state index in [2.05, 4.69) is 48.7 Å². The van der Waals surface area contributed by atoms with Crippen LogP contribution in [0.25, 0.3) is 0 Å². The number of carbonyl (C=O) groups excluding carboxylic acids is 1. The molecule has 2 aromatic carbocycles. The highest BCUT2D eigenvalue weighted by molar-refractivity contribution is 6.05. The lowest BCUT2D eigenvalue weighted by atomic mass is 10.1. The quantitative estimate of drug-likeness (QED) is 0.196. The Kier molecular flexibility index (Phi) is 10.6. The van der Waals surface area contributed by atoms with E-state index in [4.69, 9.17) is 4.74 Å². The van der Waals surface area contributed by atoms with E-state index in [-0.39, 0.29) is 5.91 Å². The summed E-state index contributed by atoms with van der Waals surface area (Å²) in [5.74, 6) is 1.20. The lowest BCUT2D eigenvalue weighted by Gasteiger charge is -2.26. The Balaban J connectivity index is 1.23. The van der Waals surface area contributed by atoms with E-state index < -0.39 is 0 Å². The third kappa shape index (κ3) is 9.38. The number of aromatic amines is 1. The number of guanidine groups is 1. The smallest absolute Gasteiger partial charge is 0.257 e. The van der Waals surface area contributed by atoms with Crippen molar-refractivity contribution >= 4 is 11.9 Å². The van der Waals surface area contributed by atoms with Gasteiger partial charge in [-0.25, -0.2) is 4.98 Å². The monoisotopic (exact) mass is 502 g/mol. The number of H-pyrrole nitrogens is 1. The molecule has 1 aliphatic rings. The Morgan fingerprint density at radius 3 is 2.73 bits per heavy atom. The summed E-state index contributed by atoms with van der Waals surface area (Å²) in [6.07, 6.45) is 9.99. The Hall–Kier alpha value is -3.65. The first-order valence-electron chi connectivity index (χ1n) is 13.3. The SMILES string of the molecule is O=C(N/C(=N\CCCOc1cccc(CN2CCCCC2)c1)NCCCc1c[nH]cn1)c1ccccc1. The van der Waals surface area contributed by atoms with Crippen LogP contribution in [0, 0.1) is 0 Å². The molecule has 8 heteroatoms. The maximum Gasteiger partial charge on any atom is 0.257 e. The fourth-order valence-corrected chi connectivity index (χ4v) is 4.37. The molecule has 3 aromatic rings. The number of imidazole rings is 1. The third-order valence-electron chi connectivity index (χ3n) is 6.32. The van der Waals surface area contributed by atoms with Crippen LogP contribution in [-0.4, -0.2) is 59.5 Å². The van der Waals surface area contributed by atoms with Crippen LogP contribution in [-0.2, 0) is 13.0 Å². The summed E-state index contributed by atoms with van der Waals surface area (Å²) in [5.41, 5.74) is 2.91. The summed E-state index contributed by atoms with van der Waals surface area (Å²) >= 11 is 0. The fourth-order valence-electron chi connectivity index (χ4n) is 4.37. The fraction of sp³-hybridized carbons (Fsp3) is 0.414. The number of aromatic nitrogens is 2. The molecule has 37 heavy (non-hydrogen) atoms. The van der Waals surface area contributed by atoms with Gasteiger partial charge in [-0.2, -0.15) is 0 Å². The van der Waals surface area contributed by atoms with Crippen LogP contribution in [0.3, 0.4) is 0 Å². The lowest BCUT2D eigenvalue weighted by Crippen LogP contribution is -2.41. The predicted molar refractivity (Wildman–Crippen MR) is 147 cm³/mol. The zero-order valence-electron chi connectivity index (χ0n) is 21.5. The molecular formula is C29H38N6O2. The van der Waals surface area contributed by atoms with Crippen molar-refractivity contribution in [3.8, 4) is 5.75 Å². The van der Waals surface area contributed by atoms with Crippen molar-refractivity contribution < 1.29 is 9.53 Å². The first-order chi connectivity index (χ1) is 18.3. The summed E-state index contributed by atoms with van der Waals surface area (Å²) in [6.45, 7) is 5.14. The minimum absolute atomic E-state index is 0.180. The van der Waals surface area contributed by atoms with Gasteiger partial charge in [0.05, 0.1) is 18.6 Å². The van der Waals surface area contributed by atoms with E-state index in [9.17, 15) is 4.79 Å². The number of nitrogens with zero attached hydrogens (tertiary/aromatic N) is 3. The van der Waals surface area contributed by atoms with Gasteiger partial charge in [0, 0.05) is 37.8 Å². The van der Waals surface area contributed by atoms with Gasteiger partial charge in [-0.05, 0) is 68.6 Å². The van der Waals surface area contributed by atoms with Gasteiger partial charge in [0.2, 0.25) is 0 Å². The van der Waals surface area contributed by atoms with E-state index in [1.807, 2.05) is 30.5 Å². The van der Waals surface area contributed by atoms with Crippen LogP contribution < -0.4 is 15.4 Å². The number of ether oxygens (including phenoxy) is 1. The van der Waals surface area contributed by atoms with E-state index in [0.29, 0.717) is 31.2 Å². The molecule has 4 rings (SSSR count). The third-order valence-corrected chi connectivity index (χ3v) is 6.32. The Bertz CT molecular complexity index is 1090. The van der Waals surface area contributed by atoms with Crippen LogP contribution in [0.4, 0.5) is 0 Å². The van der Waals surface area contributed by atoms with Gasteiger partial charge < -0.3 is 15.0 Å². The van der Waals surface area contributed by atoms with Crippen LogP contribution >= 0.6 is 0 Å². The van der Waals surface area contributed by atoms with E-state index in [1.54, 1.807) is 18.5 Å². The average Bonchev–Trinajstić information content (AvgIpc) is 3.46. The lowest BCUT2D eigenvalue weighted by molar-refractivity contribution is 0.0975. The largest absolute Gasteiger partial charge is 0.494 e. The van der Waals surface area contributed by atoms with Crippen molar-refractivity contribution in [3.05, 3.63) is 83.9 Å². The van der Waals surface area contributed by atoms with Gasteiger partial charge in [0.15, 0.2) is 5.96 Å². The Morgan fingerprint density at radius 2 is 1.92 bits per heavy atom. The molecule has 0 atom stereocenters. The second-order valence-corrected chi connectivity index (χ2v) is 9.33. The number of benzene rings is 2. The van der Waals surface area contributed by atoms with Crippen LogP contribution in [0.1, 0.15) is 53.7 Å². The number of hydrogen-bond donors (Lipinski definition) is 3. The van der Waals surface area contributed by atoms with Crippen LogP contribution in [0.2, 0.25) is 0 Å². The minimum atomic E-state index is -0.180. The Morgan fingerprint density at radius 1 is 1.05 bits per heavy atom. The number of rotatable bonds is 12. The van der Waals surface area contributed by atoms with Crippen molar-refractivity contribution in [2.75, 3.05) is 32.8 Å². The van der Waals surface area contributed by atoms with Crippen LogP contribution in [0.5, 0.6) is 5.75 Å². The molecule has 0 aliphatic carbocycles. The highest BCUT2D eigenvalue weighted by Crippen LogP contribution is 2.17. The van der Waals surface area contributed by atoms with E-state index in [1.165, 1.54) is 37.9 Å². The number of likely N-dealkylation sites (tertiary alicyclic amines) is 1. The molecule has 0 spiro atoms. The van der Waals surface area contributed by atoms with E-state index in [0.717, 1.165) is 37.3 Å². The van der Waals surface area contributed by atoms with Crippen molar-refractivity contribution in [1.29, 1.82) is 0 Å². The molecular weight excluding hydrogens is 464 g/mol. The van der Waals surface area contributed by atoms with Gasteiger partial charge in [-0.15, -0.1) is 0 Å². The van der Waals surface area contributed by atoms with Gasteiger partial charge in [0.1, 0.15) is 5.75 Å². The van der Waals surface area contributed by atoms with Gasteiger partial charge in [0.25, 0.3) is 5.91 Å². The molecule has 0 unspecified atom stereocenters. The highest BCUT2D eigenvalue weighted by Gasteiger charge is 2.11. The minimum Gasteiger partial charge on any atom is -0.494 e. The van der Waals surface area contributed by atoms with E-state index >= 15 is 0 Å². The Labute approximate surface area is 219 Å². The maximum absolute atomic E-state index is 12.6. The second-order valence-electron chi connectivity index (χ2n) is 9.33. The number of piperidine rings is 1. The van der Waals surface area contributed by atoms with Crippen molar-refractivity contribution in [2.45, 2.75) is 45.1 Å². The molecule has 1 amide bonds. The number of hydrogen-bond acceptors (Lipinski definition) is 5. The molecule has 1 fully saturated rings. The second kappa shape index (κ2) is 14.8. The number of amides is 1. The molecule has 1 saturated heterocycles. The molecule has 1 aromatic heterocycles. The summed E-state index contributed by atoms with van der Waals surface area (Å²) in [4.78, 5) is 27.0. The molecule has 0 radical (unpaired) electrons. The van der Waals surface area contributed by atoms with Crippen molar-refractivity contribution in [1.82, 2.24) is 25.5 Å².